The number of benzene rings is 2. The fourth-order valence-electron chi connectivity index (χ4n) is 4.77. The summed E-state index contributed by atoms with van der Waals surface area (Å²) in [7, 11) is 0. The molecule has 1 atom stereocenters. The van der Waals surface area contributed by atoms with E-state index >= 15 is 0 Å². The molecule has 4 rings (SSSR count). The third kappa shape index (κ3) is 5.39. The number of nitrogens with zero attached hydrogens (tertiary/aromatic N) is 1. The molecule has 1 aliphatic carbocycles. The van der Waals surface area contributed by atoms with Crippen molar-refractivity contribution in [2.75, 3.05) is 32.9 Å². The Balaban J connectivity index is 1.15. The average Bonchev–Trinajstić information content (AvgIpc) is 3.18. The number of nitrogens with one attached hydrogen (secondary N) is 1. The summed E-state index contributed by atoms with van der Waals surface area (Å²) in [6, 6.07) is 15.6. The molecule has 8 nitrogen and oxygen atoms in total. The van der Waals surface area contributed by atoms with Gasteiger partial charge in [-0.25, -0.2) is 9.59 Å². The first-order valence-electron chi connectivity index (χ1n) is 11.7. The number of amides is 2. The highest BCUT2D eigenvalue weighted by atomic mass is 16.5. The van der Waals surface area contributed by atoms with Crippen LogP contribution in [0.5, 0.6) is 0 Å². The van der Waals surface area contributed by atoms with Gasteiger partial charge in [0.2, 0.25) is 5.91 Å². The summed E-state index contributed by atoms with van der Waals surface area (Å²) in [5.74, 6) is -1.16. The van der Waals surface area contributed by atoms with Crippen LogP contribution >= 0.6 is 0 Å². The van der Waals surface area contributed by atoms with Gasteiger partial charge in [-0.15, -0.1) is 0 Å². The molecular weight excluding hydrogens is 436 g/mol. The van der Waals surface area contributed by atoms with Gasteiger partial charge in [0.1, 0.15) is 12.6 Å². The Morgan fingerprint density at radius 2 is 1.65 bits per heavy atom. The summed E-state index contributed by atoms with van der Waals surface area (Å²) in [5, 5.41) is 12.0. The second-order valence-electron chi connectivity index (χ2n) is 8.55. The van der Waals surface area contributed by atoms with Crippen LogP contribution < -0.4 is 5.32 Å². The molecule has 0 saturated carbocycles. The van der Waals surface area contributed by atoms with Crippen molar-refractivity contribution in [3.05, 3.63) is 59.7 Å². The molecule has 180 valence electrons. The Kier molecular flexibility index (Phi) is 7.80. The molecule has 1 aliphatic heterocycles. The smallest absolute Gasteiger partial charge is 0.407 e. The van der Waals surface area contributed by atoms with E-state index in [1.807, 2.05) is 24.3 Å². The zero-order chi connectivity index (χ0) is 23.9. The normalized spacial score (nSPS) is 17.1. The van der Waals surface area contributed by atoms with Gasteiger partial charge in [0, 0.05) is 19.0 Å². The lowest BCUT2D eigenvalue weighted by Gasteiger charge is -2.33. The van der Waals surface area contributed by atoms with E-state index in [-0.39, 0.29) is 44.6 Å². The maximum absolute atomic E-state index is 12.3. The van der Waals surface area contributed by atoms with Crippen LogP contribution in [0, 0.1) is 0 Å². The summed E-state index contributed by atoms with van der Waals surface area (Å²) in [5.41, 5.74) is 4.66. The van der Waals surface area contributed by atoms with E-state index in [0.717, 1.165) is 24.0 Å². The fraction of sp³-hybridized carbons (Fsp3) is 0.423. The molecule has 2 aromatic rings. The number of piperidine rings is 1. The number of hydrogen-bond acceptors (Lipinski definition) is 5. The van der Waals surface area contributed by atoms with Crippen LogP contribution in [0.25, 0.3) is 11.1 Å². The first kappa shape index (κ1) is 23.8. The molecule has 34 heavy (non-hydrogen) atoms. The number of carboxylic acids is 1. The Bertz CT molecular complexity index is 994. The first-order chi connectivity index (χ1) is 16.6. The van der Waals surface area contributed by atoms with Crippen molar-refractivity contribution in [1.29, 1.82) is 0 Å². The molecule has 8 heteroatoms. The van der Waals surface area contributed by atoms with Gasteiger partial charge in [-0.1, -0.05) is 48.5 Å². The van der Waals surface area contributed by atoms with Gasteiger partial charge < -0.3 is 24.8 Å². The Morgan fingerprint density at radius 3 is 2.32 bits per heavy atom. The van der Waals surface area contributed by atoms with Crippen molar-refractivity contribution in [2.45, 2.75) is 37.6 Å². The molecule has 2 aliphatic rings. The van der Waals surface area contributed by atoms with Crippen molar-refractivity contribution in [3.63, 3.8) is 0 Å². The molecule has 0 aromatic heterocycles. The third-order valence-corrected chi connectivity index (χ3v) is 6.43. The van der Waals surface area contributed by atoms with Gasteiger partial charge in [0.05, 0.1) is 19.6 Å². The summed E-state index contributed by atoms with van der Waals surface area (Å²) in [6.07, 6.45) is 1.74. The van der Waals surface area contributed by atoms with Gasteiger partial charge in [-0.05, 0) is 41.5 Å². The number of carboxylic acid groups (broad SMARTS) is 1. The standard InChI is InChI=1S/C26H30N2O6/c29-24(28-14-6-5-11-23(28)25(30)31)12-15-33-16-13-27-26(32)34-17-22-20-9-3-1-7-18(20)19-8-2-4-10-21(19)22/h1-4,7-10,22-23H,5-6,11-17H2,(H,27,32)(H,30,31). The monoisotopic (exact) mass is 466 g/mol. The minimum atomic E-state index is -0.957. The highest BCUT2D eigenvalue weighted by Crippen LogP contribution is 2.44. The molecule has 1 heterocycles. The minimum Gasteiger partial charge on any atom is -0.480 e. The Labute approximate surface area is 198 Å². The largest absolute Gasteiger partial charge is 0.480 e. The van der Waals surface area contributed by atoms with E-state index < -0.39 is 18.1 Å². The number of fused-ring (bicyclic) bond motifs is 3. The number of carbonyl (C=O) groups is 3. The average molecular weight is 467 g/mol. The second kappa shape index (κ2) is 11.2. The van der Waals surface area contributed by atoms with Crippen molar-refractivity contribution in [2.24, 2.45) is 0 Å². The van der Waals surface area contributed by atoms with Crippen LogP contribution in [0.2, 0.25) is 0 Å². The van der Waals surface area contributed by atoms with Gasteiger partial charge in [0.15, 0.2) is 0 Å². The van der Waals surface area contributed by atoms with Gasteiger partial charge >= 0.3 is 12.1 Å². The summed E-state index contributed by atoms with van der Waals surface area (Å²) in [6.45, 7) is 1.38. The number of likely N-dealkylation sites (tertiary alicyclic amines) is 1. The van der Waals surface area contributed by atoms with Crippen LogP contribution in [0.4, 0.5) is 4.79 Å². The highest BCUT2D eigenvalue weighted by molar-refractivity contribution is 5.84. The Morgan fingerprint density at radius 1 is 0.971 bits per heavy atom. The number of ether oxygens (including phenoxy) is 2. The SMILES string of the molecule is O=C(NCCOCCC(=O)N1CCCCC1C(=O)O)OCC1c2ccccc2-c2ccccc21. The van der Waals surface area contributed by atoms with Crippen LogP contribution in [-0.2, 0) is 19.1 Å². The highest BCUT2D eigenvalue weighted by Gasteiger charge is 2.31. The van der Waals surface area contributed by atoms with Crippen molar-refractivity contribution in [3.8, 4) is 11.1 Å². The molecule has 1 unspecified atom stereocenters. The van der Waals surface area contributed by atoms with Crippen molar-refractivity contribution < 1.29 is 29.0 Å². The lowest BCUT2D eigenvalue weighted by atomic mass is 9.98. The lowest BCUT2D eigenvalue weighted by Crippen LogP contribution is -2.48. The zero-order valence-electron chi connectivity index (χ0n) is 19.1. The van der Waals surface area contributed by atoms with E-state index in [9.17, 15) is 19.5 Å². The van der Waals surface area contributed by atoms with Gasteiger partial charge in [-0.2, -0.15) is 0 Å². The fourth-order valence-corrected chi connectivity index (χ4v) is 4.77. The number of rotatable bonds is 9. The number of hydrogen-bond donors (Lipinski definition) is 2. The molecule has 1 saturated heterocycles. The predicted molar refractivity (Wildman–Crippen MR) is 125 cm³/mol. The molecule has 2 N–H and O–H groups in total. The van der Waals surface area contributed by atoms with Gasteiger partial charge in [0.25, 0.3) is 0 Å². The van der Waals surface area contributed by atoms with E-state index in [2.05, 4.69) is 29.6 Å². The molecule has 2 amide bonds. The van der Waals surface area contributed by atoms with Crippen LogP contribution in [0.15, 0.2) is 48.5 Å². The van der Waals surface area contributed by atoms with Crippen LogP contribution in [0.1, 0.15) is 42.7 Å². The summed E-state index contributed by atoms with van der Waals surface area (Å²) < 4.78 is 10.9. The number of carbonyl (C=O) groups excluding carboxylic acids is 2. The molecule has 1 fully saturated rings. The third-order valence-electron chi connectivity index (χ3n) is 6.43. The Hall–Kier alpha value is -3.39. The second-order valence-corrected chi connectivity index (χ2v) is 8.55. The molecule has 0 radical (unpaired) electrons. The quantitative estimate of drug-likeness (QED) is 0.549. The summed E-state index contributed by atoms with van der Waals surface area (Å²) in [4.78, 5) is 37.3. The molecule has 0 bridgehead atoms. The maximum Gasteiger partial charge on any atom is 0.407 e. The van der Waals surface area contributed by atoms with E-state index in [4.69, 9.17) is 9.47 Å². The van der Waals surface area contributed by atoms with E-state index in [0.29, 0.717) is 13.0 Å². The topological polar surface area (TPSA) is 105 Å². The number of aliphatic carboxylic acids is 1. The first-order valence-corrected chi connectivity index (χ1v) is 11.7. The van der Waals surface area contributed by atoms with Gasteiger partial charge in [-0.3, -0.25) is 4.79 Å². The predicted octanol–water partition coefficient (Wildman–Crippen LogP) is 3.40. The minimum absolute atomic E-state index is 0.00447. The molecular formula is C26H30N2O6. The van der Waals surface area contributed by atoms with Crippen molar-refractivity contribution >= 4 is 18.0 Å². The van der Waals surface area contributed by atoms with Crippen LogP contribution in [0.3, 0.4) is 0 Å². The van der Waals surface area contributed by atoms with Crippen molar-refractivity contribution in [1.82, 2.24) is 10.2 Å². The maximum atomic E-state index is 12.3. The van der Waals surface area contributed by atoms with E-state index in [1.54, 1.807) is 0 Å². The van der Waals surface area contributed by atoms with E-state index in [1.165, 1.54) is 16.0 Å². The number of alkyl carbamates (subject to hydrolysis) is 1. The lowest BCUT2D eigenvalue weighted by molar-refractivity contribution is -0.152. The molecule has 0 spiro atoms. The van der Waals surface area contributed by atoms with Crippen LogP contribution in [-0.4, -0.2) is 66.9 Å². The molecule has 2 aromatic carbocycles. The summed E-state index contributed by atoms with van der Waals surface area (Å²) >= 11 is 0. The zero-order valence-corrected chi connectivity index (χ0v) is 19.1.